The van der Waals surface area contributed by atoms with Gasteiger partial charge in [-0.15, -0.1) is 0 Å². The van der Waals surface area contributed by atoms with Gasteiger partial charge in [0.15, 0.2) is 0 Å². The number of hydrogen-bond donors (Lipinski definition) is 3. The van der Waals surface area contributed by atoms with Crippen LogP contribution in [0.1, 0.15) is 16.1 Å². The van der Waals surface area contributed by atoms with Gasteiger partial charge in [-0.05, 0) is 18.2 Å². The largest absolute Gasteiger partial charge is 0.396 e. The number of hydrogen-bond acceptors (Lipinski definition) is 4. The van der Waals surface area contributed by atoms with Crippen LogP contribution in [0.25, 0.3) is 0 Å². The number of rotatable bonds is 4. The summed E-state index contributed by atoms with van der Waals surface area (Å²) in [4.78, 5) is 11.2. The van der Waals surface area contributed by atoms with Crippen molar-refractivity contribution in [3.63, 3.8) is 0 Å². The quantitative estimate of drug-likeness (QED) is 0.691. The Hall–Kier alpha value is -2.50. The number of amides is 1. The van der Waals surface area contributed by atoms with Crippen molar-refractivity contribution >= 4 is 17.3 Å². The van der Waals surface area contributed by atoms with Crippen molar-refractivity contribution in [1.29, 1.82) is 0 Å². The van der Waals surface area contributed by atoms with E-state index in [0.29, 0.717) is 23.5 Å². The van der Waals surface area contributed by atoms with Gasteiger partial charge in [-0.1, -0.05) is 6.07 Å². The van der Waals surface area contributed by atoms with Crippen LogP contribution in [0.15, 0.2) is 30.5 Å². The van der Waals surface area contributed by atoms with Gasteiger partial charge in [-0.25, -0.2) is 0 Å². The zero-order chi connectivity index (χ0) is 13.1. The second kappa shape index (κ2) is 4.79. The summed E-state index contributed by atoms with van der Waals surface area (Å²) >= 11 is 0. The minimum absolute atomic E-state index is 0.320. The molecule has 6 nitrogen and oxygen atoms in total. The van der Waals surface area contributed by atoms with Crippen molar-refractivity contribution in [2.24, 2.45) is 12.8 Å². The summed E-state index contributed by atoms with van der Waals surface area (Å²) in [5.41, 5.74) is 13.3. The molecule has 0 unspecified atom stereocenters. The Bertz CT molecular complexity index is 576. The van der Waals surface area contributed by atoms with E-state index in [1.807, 2.05) is 19.3 Å². The van der Waals surface area contributed by atoms with Crippen molar-refractivity contribution in [2.45, 2.75) is 6.54 Å². The van der Waals surface area contributed by atoms with E-state index in [-0.39, 0.29) is 0 Å². The van der Waals surface area contributed by atoms with Crippen LogP contribution in [0.4, 0.5) is 11.4 Å². The fraction of sp³-hybridized carbons (Fsp3) is 0.167. The predicted molar refractivity (Wildman–Crippen MR) is 69.9 cm³/mol. The molecule has 18 heavy (non-hydrogen) atoms. The minimum Gasteiger partial charge on any atom is -0.396 e. The van der Waals surface area contributed by atoms with Crippen LogP contribution < -0.4 is 16.8 Å². The van der Waals surface area contributed by atoms with Gasteiger partial charge in [-0.3, -0.25) is 9.48 Å². The molecule has 1 heterocycles. The maximum absolute atomic E-state index is 11.2. The molecule has 0 aliphatic carbocycles. The monoisotopic (exact) mass is 245 g/mol. The number of aryl methyl sites for hydroxylation is 1. The first-order valence-electron chi connectivity index (χ1n) is 5.48. The summed E-state index contributed by atoms with van der Waals surface area (Å²) in [6.07, 6.45) is 1.86. The van der Waals surface area contributed by atoms with E-state index < -0.39 is 5.91 Å². The lowest BCUT2D eigenvalue weighted by atomic mass is 10.1. The summed E-state index contributed by atoms with van der Waals surface area (Å²) in [6, 6.07) is 7.03. The maximum Gasteiger partial charge on any atom is 0.250 e. The SMILES string of the molecule is Cn1ccc(CNc2cccc(C(N)=O)c2N)n1. The zero-order valence-electron chi connectivity index (χ0n) is 10.1. The fourth-order valence-corrected chi connectivity index (χ4v) is 1.68. The number of benzene rings is 1. The van der Waals surface area contributed by atoms with Crippen molar-refractivity contribution in [3.05, 3.63) is 41.7 Å². The molecule has 0 atom stereocenters. The first-order valence-corrected chi connectivity index (χ1v) is 5.48. The van der Waals surface area contributed by atoms with Crippen LogP contribution in [0.5, 0.6) is 0 Å². The lowest BCUT2D eigenvalue weighted by Crippen LogP contribution is -2.15. The number of nitrogens with two attached hydrogens (primary N) is 2. The average molecular weight is 245 g/mol. The van der Waals surface area contributed by atoms with Gasteiger partial charge in [0, 0.05) is 13.2 Å². The molecular weight excluding hydrogens is 230 g/mol. The predicted octanol–water partition coefficient (Wildman–Crippen LogP) is 0.713. The van der Waals surface area contributed by atoms with Crippen LogP contribution in [0, 0.1) is 0 Å². The molecule has 94 valence electrons. The lowest BCUT2D eigenvalue weighted by Gasteiger charge is -2.10. The number of primary amides is 1. The van der Waals surface area contributed by atoms with E-state index in [9.17, 15) is 4.79 Å². The highest BCUT2D eigenvalue weighted by Gasteiger charge is 2.09. The van der Waals surface area contributed by atoms with Gasteiger partial charge < -0.3 is 16.8 Å². The molecule has 0 saturated carbocycles. The number of nitrogen functional groups attached to an aromatic ring is 1. The highest BCUT2D eigenvalue weighted by Crippen LogP contribution is 2.22. The molecular formula is C12H15N5O. The molecule has 1 amide bonds. The molecule has 0 aliphatic rings. The minimum atomic E-state index is -0.533. The van der Waals surface area contributed by atoms with Gasteiger partial charge in [-0.2, -0.15) is 5.10 Å². The van der Waals surface area contributed by atoms with Crippen LogP contribution in [-0.2, 0) is 13.6 Å². The normalized spacial score (nSPS) is 10.3. The van der Waals surface area contributed by atoms with E-state index in [0.717, 1.165) is 5.69 Å². The van der Waals surface area contributed by atoms with E-state index in [1.54, 1.807) is 22.9 Å². The number of para-hydroxylation sites is 1. The Morgan fingerprint density at radius 2 is 2.22 bits per heavy atom. The third-order valence-corrected chi connectivity index (χ3v) is 2.60. The summed E-state index contributed by atoms with van der Waals surface area (Å²) < 4.78 is 1.72. The number of aromatic nitrogens is 2. The molecule has 2 aromatic rings. The summed E-state index contributed by atoms with van der Waals surface area (Å²) in [5, 5.41) is 7.36. The molecule has 1 aromatic heterocycles. The third-order valence-electron chi connectivity index (χ3n) is 2.60. The molecule has 0 bridgehead atoms. The van der Waals surface area contributed by atoms with Crippen molar-refractivity contribution in [2.75, 3.05) is 11.1 Å². The third kappa shape index (κ3) is 2.42. The van der Waals surface area contributed by atoms with E-state index in [2.05, 4.69) is 10.4 Å². The number of nitrogens with one attached hydrogen (secondary N) is 1. The highest BCUT2D eigenvalue weighted by molar-refractivity contribution is 6.00. The fourth-order valence-electron chi connectivity index (χ4n) is 1.68. The summed E-state index contributed by atoms with van der Waals surface area (Å²) in [5.74, 6) is -0.533. The standard InChI is InChI=1S/C12H15N5O/c1-17-6-5-8(16-17)7-15-10-4-2-3-9(11(10)13)12(14)18/h2-6,15H,7,13H2,1H3,(H2,14,18). The van der Waals surface area contributed by atoms with E-state index >= 15 is 0 Å². The number of nitrogens with zero attached hydrogens (tertiary/aromatic N) is 2. The average Bonchev–Trinajstić information content (AvgIpc) is 2.73. The second-order valence-corrected chi connectivity index (χ2v) is 3.97. The number of carbonyl (C=O) groups is 1. The van der Waals surface area contributed by atoms with E-state index in [1.165, 1.54) is 0 Å². The molecule has 0 aliphatic heterocycles. The Kier molecular flexibility index (Phi) is 3.18. The molecule has 5 N–H and O–H groups in total. The molecule has 6 heteroatoms. The van der Waals surface area contributed by atoms with Crippen LogP contribution in [-0.4, -0.2) is 15.7 Å². The van der Waals surface area contributed by atoms with Crippen LogP contribution in [0.2, 0.25) is 0 Å². The topological polar surface area (TPSA) is 99.0 Å². The molecule has 0 saturated heterocycles. The Labute approximate surface area is 105 Å². The first-order chi connectivity index (χ1) is 8.58. The van der Waals surface area contributed by atoms with Gasteiger partial charge in [0.2, 0.25) is 0 Å². The Morgan fingerprint density at radius 1 is 1.44 bits per heavy atom. The molecule has 1 aromatic carbocycles. The summed E-state index contributed by atoms with van der Waals surface area (Å²) in [7, 11) is 1.85. The van der Waals surface area contributed by atoms with Crippen LogP contribution >= 0.6 is 0 Å². The molecule has 0 spiro atoms. The second-order valence-electron chi connectivity index (χ2n) is 3.97. The number of carbonyl (C=O) groups excluding carboxylic acids is 1. The van der Waals surface area contributed by atoms with Crippen molar-refractivity contribution in [3.8, 4) is 0 Å². The van der Waals surface area contributed by atoms with Crippen LogP contribution in [0.3, 0.4) is 0 Å². The first kappa shape index (κ1) is 12.0. The Morgan fingerprint density at radius 3 is 2.83 bits per heavy atom. The Balaban J connectivity index is 2.14. The molecule has 0 fully saturated rings. The highest BCUT2D eigenvalue weighted by atomic mass is 16.1. The van der Waals surface area contributed by atoms with Crippen molar-refractivity contribution in [1.82, 2.24) is 9.78 Å². The van der Waals surface area contributed by atoms with Gasteiger partial charge >= 0.3 is 0 Å². The molecule has 0 radical (unpaired) electrons. The maximum atomic E-state index is 11.2. The number of anilines is 2. The zero-order valence-corrected chi connectivity index (χ0v) is 10.1. The smallest absolute Gasteiger partial charge is 0.250 e. The molecule has 2 rings (SSSR count). The van der Waals surface area contributed by atoms with Gasteiger partial charge in [0.05, 0.1) is 29.2 Å². The summed E-state index contributed by atoms with van der Waals surface area (Å²) in [6.45, 7) is 0.535. The lowest BCUT2D eigenvalue weighted by molar-refractivity contribution is 0.100. The van der Waals surface area contributed by atoms with Crippen molar-refractivity contribution < 1.29 is 4.79 Å². The van der Waals surface area contributed by atoms with E-state index in [4.69, 9.17) is 11.5 Å². The van der Waals surface area contributed by atoms with Gasteiger partial charge in [0.25, 0.3) is 5.91 Å². The van der Waals surface area contributed by atoms with Gasteiger partial charge in [0.1, 0.15) is 0 Å².